The number of aliphatic hydroxyl groups is 1. The number of thioether (sulfide) groups is 1. The summed E-state index contributed by atoms with van der Waals surface area (Å²) < 4.78 is 16.2. The van der Waals surface area contributed by atoms with Crippen LogP contribution in [0.3, 0.4) is 0 Å². The zero-order chi connectivity index (χ0) is 22.7. The quantitative estimate of drug-likeness (QED) is 0.397. The lowest BCUT2D eigenvalue weighted by Gasteiger charge is -2.18. The molecule has 1 N–H and O–H groups in total. The van der Waals surface area contributed by atoms with Gasteiger partial charge >= 0.3 is 5.97 Å². The number of fused-ring (bicyclic) bond motifs is 1. The number of ether oxygens (including phenoxy) is 3. The number of hydrogen-bond acceptors (Lipinski definition) is 9. The molecular formula is C22H18N2O7S. The van der Waals surface area contributed by atoms with Crippen LogP contribution < -0.4 is 9.47 Å². The standard InChI is InChI=1S/C22H18N2O7S/c1-2-29-22(26)19-20(25)18(11-13-6-7-16-17(10-13)31-9-8-30-16)32-21(19)23-14-4-3-5-15(12-14)24(27)28/h3-7,10-12,25H,2,8-9H2,1H3/b18-11+,23-21?. The minimum atomic E-state index is -0.729. The Balaban J connectivity index is 1.73. The fourth-order valence-electron chi connectivity index (χ4n) is 3.09. The van der Waals surface area contributed by atoms with Gasteiger partial charge in [-0.3, -0.25) is 10.1 Å². The first-order chi connectivity index (χ1) is 15.5. The molecule has 4 rings (SSSR count). The molecule has 0 bridgehead atoms. The molecule has 2 aromatic rings. The normalized spacial score (nSPS) is 17.7. The molecular weight excluding hydrogens is 436 g/mol. The van der Waals surface area contributed by atoms with E-state index in [4.69, 9.17) is 14.2 Å². The van der Waals surface area contributed by atoms with Crippen molar-refractivity contribution in [2.24, 2.45) is 4.99 Å². The maximum Gasteiger partial charge on any atom is 0.344 e. The zero-order valence-corrected chi connectivity index (χ0v) is 17.8. The Hall–Kier alpha value is -3.79. The van der Waals surface area contributed by atoms with Gasteiger partial charge in [-0.2, -0.15) is 0 Å². The predicted octanol–water partition coefficient (Wildman–Crippen LogP) is 4.56. The molecule has 32 heavy (non-hydrogen) atoms. The van der Waals surface area contributed by atoms with E-state index < -0.39 is 10.9 Å². The summed E-state index contributed by atoms with van der Waals surface area (Å²) in [7, 11) is 0. The highest BCUT2D eigenvalue weighted by atomic mass is 32.2. The largest absolute Gasteiger partial charge is 0.506 e. The first kappa shape index (κ1) is 21.4. The van der Waals surface area contributed by atoms with E-state index in [9.17, 15) is 20.0 Å². The number of benzene rings is 2. The van der Waals surface area contributed by atoms with Gasteiger partial charge in [0.15, 0.2) is 11.5 Å². The number of aliphatic imine (C=N–C) groups is 1. The molecule has 2 aromatic carbocycles. The molecule has 2 aliphatic rings. The maximum atomic E-state index is 12.5. The molecule has 9 nitrogen and oxygen atoms in total. The summed E-state index contributed by atoms with van der Waals surface area (Å²) >= 11 is 1.07. The van der Waals surface area contributed by atoms with Crippen molar-refractivity contribution in [1.29, 1.82) is 0 Å². The smallest absolute Gasteiger partial charge is 0.344 e. The van der Waals surface area contributed by atoms with Gasteiger partial charge in [0.05, 0.1) is 22.1 Å². The molecule has 0 spiro atoms. The van der Waals surface area contributed by atoms with Gasteiger partial charge in [0.2, 0.25) is 0 Å². The highest BCUT2D eigenvalue weighted by Gasteiger charge is 2.33. The fourth-order valence-corrected chi connectivity index (χ4v) is 4.12. The molecule has 0 aromatic heterocycles. The number of nitro groups is 1. The van der Waals surface area contributed by atoms with Crippen LogP contribution in [0.5, 0.6) is 11.5 Å². The lowest BCUT2D eigenvalue weighted by atomic mass is 10.1. The highest BCUT2D eigenvalue weighted by Crippen LogP contribution is 2.41. The molecule has 0 amide bonds. The lowest BCUT2D eigenvalue weighted by molar-refractivity contribution is -0.384. The number of nitrogens with zero attached hydrogens (tertiary/aromatic N) is 2. The third-order valence-corrected chi connectivity index (χ3v) is 5.53. The van der Waals surface area contributed by atoms with Gasteiger partial charge in [-0.1, -0.05) is 23.9 Å². The van der Waals surface area contributed by atoms with Crippen molar-refractivity contribution < 1.29 is 29.0 Å². The lowest BCUT2D eigenvalue weighted by Crippen LogP contribution is -2.15. The second-order valence-corrected chi connectivity index (χ2v) is 7.68. The van der Waals surface area contributed by atoms with Gasteiger partial charge in [-0.05, 0) is 36.8 Å². The van der Waals surface area contributed by atoms with Gasteiger partial charge in [0.1, 0.15) is 29.6 Å². The highest BCUT2D eigenvalue weighted by molar-refractivity contribution is 8.18. The Morgan fingerprint density at radius 2 is 2.03 bits per heavy atom. The van der Waals surface area contributed by atoms with Crippen LogP contribution in [-0.2, 0) is 9.53 Å². The zero-order valence-electron chi connectivity index (χ0n) is 16.9. The van der Waals surface area contributed by atoms with Crippen molar-refractivity contribution in [2.75, 3.05) is 19.8 Å². The monoisotopic (exact) mass is 454 g/mol. The third kappa shape index (κ3) is 4.45. The van der Waals surface area contributed by atoms with Crippen LogP contribution in [-0.4, -0.2) is 40.9 Å². The van der Waals surface area contributed by atoms with Crippen LogP contribution >= 0.6 is 11.8 Å². The SMILES string of the molecule is CCOC(=O)C1=C(O)/C(=C\c2ccc3c(c2)OCCO3)SC1=Nc1cccc([N+](=O)[O-])c1. The van der Waals surface area contributed by atoms with Crippen molar-refractivity contribution in [3.05, 3.63) is 74.4 Å². The van der Waals surface area contributed by atoms with E-state index >= 15 is 0 Å². The second-order valence-electron chi connectivity index (χ2n) is 6.65. The number of carbonyl (C=O) groups is 1. The number of non-ortho nitro benzene ring substituents is 1. The second kappa shape index (κ2) is 9.15. The molecule has 0 unspecified atom stereocenters. The van der Waals surface area contributed by atoms with Crippen molar-refractivity contribution in [3.63, 3.8) is 0 Å². The summed E-state index contributed by atoms with van der Waals surface area (Å²) in [5.41, 5.74) is 0.778. The summed E-state index contributed by atoms with van der Waals surface area (Å²) in [6.07, 6.45) is 1.69. The molecule has 2 aliphatic heterocycles. The fraction of sp³-hybridized carbons (Fsp3) is 0.182. The van der Waals surface area contributed by atoms with E-state index in [1.165, 1.54) is 18.2 Å². The Labute approximate surface area is 187 Å². The minimum Gasteiger partial charge on any atom is -0.506 e. The van der Waals surface area contributed by atoms with Crippen molar-refractivity contribution in [2.45, 2.75) is 6.92 Å². The van der Waals surface area contributed by atoms with Crippen LogP contribution in [0, 0.1) is 10.1 Å². The van der Waals surface area contributed by atoms with Crippen LogP contribution in [0.15, 0.2) is 63.7 Å². The number of hydrogen-bond donors (Lipinski definition) is 1. The van der Waals surface area contributed by atoms with E-state index in [0.717, 1.165) is 17.3 Å². The van der Waals surface area contributed by atoms with Gasteiger partial charge < -0.3 is 19.3 Å². The maximum absolute atomic E-state index is 12.5. The van der Waals surface area contributed by atoms with Gasteiger partial charge in [0, 0.05) is 12.1 Å². The summed E-state index contributed by atoms with van der Waals surface area (Å²) in [5, 5.41) is 22.0. The minimum absolute atomic E-state index is 0.0906. The van der Waals surface area contributed by atoms with Crippen molar-refractivity contribution in [1.82, 2.24) is 0 Å². The predicted molar refractivity (Wildman–Crippen MR) is 119 cm³/mol. The number of aliphatic hydroxyl groups excluding tert-OH is 1. The van der Waals surface area contributed by atoms with Gasteiger partial charge in [-0.25, -0.2) is 9.79 Å². The van der Waals surface area contributed by atoms with E-state index in [-0.39, 0.29) is 34.4 Å². The molecule has 10 heteroatoms. The van der Waals surface area contributed by atoms with Gasteiger partial charge in [-0.15, -0.1) is 0 Å². The van der Waals surface area contributed by atoms with E-state index in [0.29, 0.717) is 29.6 Å². The number of rotatable bonds is 5. The Morgan fingerprint density at radius 3 is 2.78 bits per heavy atom. The summed E-state index contributed by atoms with van der Waals surface area (Å²) in [4.78, 5) is 27.8. The molecule has 0 saturated heterocycles. The van der Waals surface area contributed by atoms with Crippen LogP contribution in [0.1, 0.15) is 12.5 Å². The molecule has 0 aliphatic carbocycles. The summed E-state index contributed by atoms with van der Waals surface area (Å²) in [6, 6.07) is 11.0. The van der Waals surface area contributed by atoms with Gasteiger partial charge in [0.25, 0.3) is 5.69 Å². The molecule has 2 heterocycles. The number of esters is 1. The molecule has 0 saturated carbocycles. The topological polar surface area (TPSA) is 120 Å². The third-order valence-electron chi connectivity index (χ3n) is 4.51. The summed E-state index contributed by atoms with van der Waals surface area (Å²) in [5.74, 6) is 0.227. The molecule has 0 fully saturated rings. The Bertz CT molecular complexity index is 1190. The number of nitro benzene ring substituents is 1. The van der Waals surface area contributed by atoms with Crippen LogP contribution in [0.4, 0.5) is 11.4 Å². The molecule has 0 atom stereocenters. The first-order valence-corrected chi connectivity index (χ1v) is 10.5. The van der Waals surface area contributed by atoms with E-state index in [1.807, 2.05) is 0 Å². The molecule has 164 valence electrons. The average molecular weight is 454 g/mol. The average Bonchev–Trinajstić information content (AvgIpc) is 3.08. The molecule has 0 radical (unpaired) electrons. The van der Waals surface area contributed by atoms with E-state index in [1.54, 1.807) is 37.3 Å². The Morgan fingerprint density at radius 1 is 1.25 bits per heavy atom. The Kier molecular flexibility index (Phi) is 6.13. The van der Waals surface area contributed by atoms with Crippen molar-refractivity contribution in [3.8, 4) is 11.5 Å². The van der Waals surface area contributed by atoms with Crippen LogP contribution in [0.25, 0.3) is 6.08 Å². The van der Waals surface area contributed by atoms with E-state index in [2.05, 4.69) is 4.99 Å². The van der Waals surface area contributed by atoms with Crippen molar-refractivity contribution >= 4 is 40.2 Å². The summed E-state index contributed by atoms with van der Waals surface area (Å²) in [6.45, 7) is 2.69. The number of carbonyl (C=O) groups excluding carboxylic acids is 1. The van der Waals surface area contributed by atoms with Crippen LogP contribution in [0.2, 0.25) is 0 Å². The first-order valence-electron chi connectivity index (χ1n) is 9.69.